The van der Waals surface area contributed by atoms with Gasteiger partial charge in [-0.05, 0) is 42.7 Å². The SMILES string of the molecule is COc1cccc(CN(C(=O)CN(c2ccc(OC)c(OC)c2)S(C)(=O)=O)[C@H](C)C(=O)NCC(C)C)c1. The van der Waals surface area contributed by atoms with Crippen LogP contribution in [0.1, 0.15) is 26.3 Å². The van der Waals surface area contributed by atoms with Crippen LogP contribution in [0.4, 0.5) is 5.69 Å². The third kappa shape index (κ3) is 8.28. The minimum atomic E-state index is -3.87. The summed E-state index contributed by atoms with van der Waals surface area (Å²) in [7, 11) is 0.571. The molecule has 0 aliphatic rings. The lowest BCUT2D eigenvalue weighted by Gasteiger charge is -2.31. The molecule has 0 spiro atoms. The summed E-state index contributed by atoms with van der Waals surface area (Å²) in [5.74, 6) is 0.684. The van der Waals surface area contributed by atoms with Gasteiger partial charge in [0.25, 0.3) is 0 Å². The highest BCUT2D eigenvalue weighted by atomic mass is 32.2. The van der Waals surface area contributed by atoms with E-state index in [0.717, 1.165) is 16.1 Å². The second kappa shape index (κ2) is 13.2. The van der Waals surface area contributed by atoms with Crippen molar-refractivity contribution in [2.75, 3.05) is 45.0 Å². The highest BCUT2D eigenvalue weighted by molar-refractivity contribution is 7.92. The summed E-state index contributed by atoms with van der Waals surface area (Å²) in [5.41, 5.74) is 0.958. The Hall–Kier alpha value is -3.47. The lowest BCUT2D eigenvalue weighted by atomic mass is 10.1. The summed E-state index contributed by atoms with van der Waals surface area (Å²) in [4.78, 5) is 27.9. The number of carbonyl (C=O) groups excluding carboxylic acids is 2. The van der Waals surface area contributed by atoms with Crippen molar-refractivity contribution in [2.45, 2.75) is 33.4 Å². The van der Waals surface area contributed by atoms with Crippen molar-refractivity contribution in [3.63, 3.8) is 0 Å². The number of rotatable bonds is 13. The van der Waals surface area contributed by atoms with E-state index in [-0.39, 0.29) is 24.1 Å². The van der Waals surface area contributed by atoms with E-state index in [1.165, 1.54) is 38.4 Å². The van der Waals surface area contributed by atoms with Crippen molar-refractivity contribution in [2.24, 2.45) is 5.92 Å². The number of amides is 2. The van der Waals surface area contributed by atoms with Gasteiger partial charge < -0.3 is 24.4 Å². The van der Waals surface area contributed by atoms with Crippen LogP contribution in [-0.2, 0) is 26.2 Å². The van der Waals surface area contributed by atoms with E-state index in [1.54, 1.807) is 31.2 Å². The molecular weight excluding hydrogens is 498 g/mol. The predicted molar refractivity (Wildman–Crippen MR) is 143 cm³/mol. The number of sulfonamides is 1. The minimum Gasteiger partial charge on any atom is -0.497 e. The molecule has 0 heterocycles. The first-order chi connectivity index (χ1) is 17.4. The average molecular weight is 536 g/mol. The number of benzene rings is 2. The average Bonchev–Trinajstić information content (AvgIpc) is 2.87. The standard InChI is InChI=1S/C26H37N3O7S/c1-18(2)15-27-26(31)19(3)28(16-20-9-8-10-22(13-20)34-4)25(30)17-29(37(7,32)33)21-11-12-23(35-5)24(14-21)36-6/h8-14,18-19H,15-17H2,1-7H3,(H,27,31)/t19-/m1/s1. The molecule has 0 aliphatic heterocycles. The zero-order valence-electron chi connectivity index (χ0n) is 22.5. The van der Waals surface area contributed by atoms with Gasteiger partial charge in [0.05, 0.1) is 33.3 Å². The van der Waals surface area contributed by atoms with Gasteiger partial charge >= 0.3 is 0 Å². The van der Waals surface area contributed by atoms with Gasteiger partial charge in [-0.3, -0.25) is 13.9 Å². The minimum absolute atomic E-state index is 0.0792. The van der Waals surface area contributed by atoms with Gasteiger partial charge in [-0.1, -0.05) is 26.0 Å². The number of ether oxygens (including phenoxy) is 3. The maximum atomic E-state index is 13.6. The fourth-order valence-corrected chi connectivity index (χ4v) is 4.44. The number of methoxy groups -OCH3 is 3. The van der Waals surface area contributed by atoms with Crippen molar-refractivity contribution in [3.8, 4) is 17.2 Å². The van der Waals surface area contributed by atoms with Gasteiger partial charge in [-0.25, -0.2) is 8.42 Å². The molecular formula is C26H37N3O7S. The predicted octanol–water partition coefficient (Wildman–Crippen LogP) is 2.67. The summed E-state index contributed by atoms with van der Waals surface area (Å²) in [6.45, 7) is 5.57. The molecule has 1 atom stereocenters. The topological polar surface area (TPSA) is 114 Å². The summed E-state index contributed by atoms with van der Waals surface area (Å²) in [6.07, 6.45) is 1.02. The van der Waals surface area contributed by atoms with E-state index in [9.17, 15) is 18.0 Å². The fourth-order valence-electron chi connectivity index (χ4n) is 3.60. The third-order valence-corrected chi connectivity index (χ3v) is 6.81. The van der Waals surface area contributed by atoms with Gasteiger partial charge in [0.1, 0.15) is 18.3 Å². The molecule has 0 unspecified atom stereocenters. The first-order valence-electron chi connectivity index (χ1n) is 11.8. The Bertz CT molecular complexity index is 1180. The van der Waals surface area contributed by atoms with E-state index in [4.69, 9.17) is 14.2 Å². The smallest absolute Gasteiger partial charge is 0.244 e. The second-order valence-electron chi connectivity index (χ2n) is 9.00. The zero-order chi connectivity index (χ0) is 27.8. The molecule has 2 rings (SSSR count). The molecule has 2 aromatic carbocycles. The molecule has 0 bridgehead atoms. The van der Waals surface area contributed by atoms with Gasteiger partial charge in [0.15, 0.2) is 11.5 Å². The normalized spacial score (nSPS) is 12.0. The monoisotopic (exact) mass is 535 g/mol. The highest BCUT2D eigenvalue weighted by Gasteiger charge is 2.30. The summed E-state index contributed by atoms with van der Waals surface area (Å²) >= 11 is 0. The van der Waals surface area contributed by atoms with Crippen LogP contribution < -0.4 is 23.8 Å². The molecule has 11 heteroatoms. The molecule has 204 valence electrons. The van der Waals surface area contributed by atoms with E-state index in [2.05, 4.69) is 5.32 Å². The molecule has 2 amide bonds. The van der Waals surface area contributed by atoms with Crippen LogP contribution in [0.25, 0.3) is 0 Å². The van der Waals surface area contributed by atoms with Gasteiger partial charge in [0.2, 0.25) is 21.8 Å². The number of nitrogens with zero attached hydrogens (tertiary/aromatic N) is 2. The largest absolute Gasteiger partial charge is 0.497 e. The molecule has 0 aromatic heterocycles. The van der Waals surface area contributed by atoms with Crippen molar-refractivity contribution in [1.29, 1.82) is 0 Å². The number of carbonyl (C=O) groups is 2. The van der Waals surface area contributed by atoms with Crippen molar-refractivity contribution in [1.82, 2.24) is 10.2 Å². The number of anilines is 1. The third-order valence-electron chi connectivity index (χ3n) is 5.67. The second-order valence-corrected chi connectivity index (χ2v) is 10.9. The molecule has 2 aromatic rings. The Balaban J connectivity index is 2.43. The Morgan fingerprint density at radius 2 is 1.62 bits per heavy atom. The van der Waals surface area contributed by atoms with E-state index in [0.29, 0.717) is 23.8 Å². The van der Waals surface area contributed by atoms with Crippen LogP contribution in [0.3, 0.4) is 0 Å². The lowest BCUT2D eigenvalue weighted by molar-refractivity contribution is -0.139. The fraction of sp³-hybridized carbons (Fsp3) is 0.462. The Morgan fingerprint density at radius 1 is 0.946 bits per heavy atom. The maximum absolute atomic E-state index is 13.6. The molecule has 37 heavy (non-hydrogen) atoms. The molecule has 0 saturated carbocycles. The zero-order valence-corrected chi connectivity index (χ0v) is 23.3. The first-order valence-corrected chi connectivity index (χ1v) is 13.7. The Labute approximate surface area is 219 Å². The van der Waals surface area contributed by atoms with Crippen LogP contribution in [0.2, 0.25) is 0 Å². The highest BCUT2D eigenvalue weighted by Crippen LogP contribution is 2.32. The molecule has 10 nitrogen and oxygen atoms in total. The summed E-state index contributed by atoms with van der Waals surface area (Å²) in [5, 5.41) is 2.85. The molecule has 0 fully saturated rings. The maximum Gasteiger partial charge on any atom is 0.244 e. The van der Waals surface area contributed by atoms with Crippen LogP contribution in [0.15, 0.2) is 42.5 Å². The van der Waals surface area contributed by atoms with E-state index >= 15 is 0 Å². The van der Waals surface area contributed by atoms with Crippen LogP contribution in [0.5, 0.6) is 17.2 Å². The van der Waals surface area contributed by atoms with Crippen LogP contribution in [-0.4, -0.2) is 71.8 Å². The quantitative estimate of drug-likeness (QED) is 0.419. The Morgan fingerprint density at radius 3 is 2.19 bits per heavy atom. The first kappa shape index (κ1) is 29.8. The summed E-state index contributed by atoms with van der Waals surface area (Å²) in [6, 6.07) is 10.9. The van der Waals surface area contributed by atoms with Gasteiger partial charge in [-0.2, -0.15) is 0 Å². The number of hydrogen-bond donors (Lipinski definition) is 1. The van der Waals surface area contributed by atoms with Crippen molar-refractivity contribution in [3.05, 3.63) is 48.0 Å². The molecule has 0 radical (unpaired) electrons. The molecule has 1 N–H and O–H groups in total. The van der Waals surface area contributed by atoms with E-state index in [1.807, 2.05) is 19.9 Å². The summed E-state index contributed by atoms with van der Waals surface area (Å²) < 4.78 is 42.3. The number of hydrogen-bond acceptors (Lipinski definition) is 7. The van der Waals surface area contributed by atoms with E-state index < -0.39 is 28.5 Å². The van der Waals surface area contributed by atoms with Gasteiger partial charge in [0, 0.05) is 19.2 Å². The van der Waals surface area contributed by atoms with Crippen LogP contribution >= 0.6 is 0 Å². The van der Waals surface area contributed by atoms with Gasteiger partial charge in [-0.15, -0.1) is 0 Å². The van der Waals surface area contributed by atoms with Crippen LogP contribution in [0, 0.1) is 5.92 Å². The lowest BCUT2D eigenvalue weighted by Crippen LogP contribution is -2.51. The van der Waals surface area contributed by atoms with Crippen molar-refractivity contribution < 1.29 is 32.2 Å². The van der Waals surface area contributed by atoms with Crippen molar-refractivity contribution >= 4 is 27.5 Å². The Kier molecular flexibility index (Phi) is 10.6. The molecule has 0 aliphatic carbocycles. The molecule has 0 saturated heterocycles. The number of nitrogens with one attached hydrogen (secondary N) is 1.